The molecule has 4 rings (SSSR count). The molecule has 3 aromatic rings. The van der Waals surface area contributed by atoms with Crippen LogP contribution in [-0.2, 0) is 10.0 Å². The molecule has 0 saturated carbocycles. The Hall–Kier alpha value is -3.43. The molecule has 1 aliphatic rings. The van der Waals surface area contributed by atoms with E-state index in [0.717, 1.165) is 4.90 Å². The maximum Gasteiger partial charge on any atom is 0.268 e. The highest BCUT2D eigenvalue weighted by Gasteiger charge is 2.41. The van der Waals surface area contributed by atoms with Gasteiger partial charge in [-0.3, -0.25) is 19.3 Å². The van der Waals surface area contributed by atoms with Crippen LogP contribution in [0, 0.1) is 0 Å². The molecule has 1 aromatic heterocycles. The van der Waals surface area contributed by atoms with Crippen molar-refractivity contribution in [3.05, 3.63) is 77.1 Å². The topological polar surface area (TPSA) is 106 Å². The second-order valence-electron chi connectivity index (χ2n) is 6.28. The predicted molar refractivity (Wildman–Crippen MR) is 111 cm³/mol. The summed E-state index contributed by atoms with van der Waals surface area (Å²) in [4.78, 5) is 30.7. The summed E-state index contributed by atoms with van der Waals surface area (Å²) in [5.74, 6) is -0.856. The van der Waals surface area contributed by atoms with Crippen LogP contribution in [0.2, 0.25) is 5.02 Å². The largest absolute Gasteiger partial charge is 0.497 e. The lowest BCUT2D eigenvalue weighted by molar-refractivity contribution is 0.0926. The molecule has 0 spiro atoms. The van der Waals surface area contributed by atoms with Crippen molar-refractivity contribution < 1.29 is 22.7 Å². The van der Waals surface area contributed by atoms with E-state index in [2.05, 4.69) is 9.71 Å². The van der Waals surface area contributed by atoms with Gasteiger partial charge in [-0.15, -0.1) is 0 Å². The number of benzene rings is 2. The van der Waals surface area contributed by atoms with Crippen LogP contribution < -0.4 is 14.4 Å². The molecule has 0 saturated heterocycles. The highest BCUT2D eigenvalue weighted by Crippen LogP contribution is 2.37. The molecule has 0 bridgehead atoms. The first-order chi connectivity index (χ1) is 14.3. The van der Waals surface area contributed by atoms with Crippen LogP contribution in [0.15, 0.2) is 65.8 Å². The normalized spacial score (nSPS) is 13.3. The van der Waals surface area contributed by atoms with Gasteiger partial charge in [0.2, 0.25) is 0 Å². The third-order valence-electron chi connectivity index (χ3n) is 4.51. The SMILES string of the molecule is COc1ccc(S(=O)(=O)Nc2ccc(Cl)c3c2C(=O)N(c2cccnc2)C3=O)cc1. The number of ether oxygens (including phenoxy) is 1. The van der Waals surface area contributed by atoms with E-state index < -0.39 is 21.8 Å². The lowest BCUT2D eigenvalue weighted by atomic mass is 10.1. The lowest BCUT2D eigenvalue weighted by Crippen LogP contribution is -2.29. The van der Waals surface area contributed by atoms with E-state index in [1.807, 2.05) is 0 Å². The Bertz CT molecular complexity index is 1260. The number of rotatable bonds is 5. The number of aromatic nitrogens is 1. The lowest BCUT2D eigenvalue weighted by Gasteiger charge is -2.13. The quantitative estimate of drug-likeness (QED) is 0.606. The molecule has 0 fully saturated rings. The summed E-state index contributed by atoms with van der Waals surface area (Å²) < 4.78 is 33.1. The van der Waals surface area contributed by atoms with Crippen LogP contribution in [0.1, 0.15) is 20.7 Å². The van der Waals surface area contributed by atoms with Crippen molar-refractivity contribution in [2.45, 2.75) is 4.90 Å². The van der Waals surface area contributed by atoms with Gasteiger partial charge in [0.25, 0.3) is 21.8 Å². The molecule has 1 aliphatic heterocycles. The number of methoxy groups -OCH3 is 1. The van der Waals surface area contributed by atoms with Gasteiger partial charge in [0.1, 0.15) is 5.75 Å². The molecular weight excluding hydrogens is 430 g/mol. The van der Waals surface area contributed by atoms with Gasteiger partial charge in [0, 0.05) is 6.20 Å². The van der Waals surface area contributed by atoms with E-state index >= 15 is 0 Å². The van der Waals surface area contributed by atoms with E-state index in [1.165, 1.54) is 55.9 Å². The zero-order valence-electron chi connectivity index (χ0n) is 15.5. The molecule has 0 radical (unpaired) electrons. The Morgan fingerprint density at radius 3 is 2.33 bits per heavy atom. The van der Waals surface area contributed by atoms with E-state index in [-0.39, 0.29) is 32.4 Å². The number of pyridine rings is 1. The monoisotopic (exact) mass is 443 g/mol. The maximum absolute atomic E-state index is 13.1. The molecule has 0 aliphatic carbocycles. The third kappa shape index (κ3) is 3.27. The van der Waals surface area contributed by atoms with Crippen LogP contribution in [0.25, 0.3) is 0 Å². The summed E-state index contributed by atoms with van der Waals surface area (Å²) in [7, 11) is -2.57. The van der Waals surface area contributed by atoms with Crippen molar-refractivity contribution >= 4 is 44.8 Å². The molecule has 1 N–H and O–H groups in total. The molecule has 2 heterocycles. The highest BCUT2D eigenvalue weighted by atomic mass is 35.5. The second-order valence-corrected chi connectivity index (χ2v) is 8.37. The molecule has 2 aromatic carbocycles. The first-order valence-corrected chi connectivity index (χ1v) is 10.5. The van der Waals surface area contributed by atoms with Gasteiger partial charge in [-0.2, -0.15) is 0 Å². The molecule has 2 amide bonds. The number of hydrogen-bond donors (Lipinski definition) is 1. The summed E-state index contributed by atoms with van der Waals surface area (Å²) in [5.41, 5.74) is 0.0209. The Balaban J connectivity index is 1.76. The maximum atomic E-state index is 13.1. The number of imide groups is 1. The van der Waals surface area contributed by atoms with Crippen molar-refractivity contribution in [1.82, 2.24) is 4.98 Å². The van der Waals surface area contributed by atoms with Gasteiger partial charge < -0.3 is 4.74 Å². The Morgan fingerprint density at radius 2 is 1.70 bits per heavy atom. The van der Waals surface area contributed by atoms with Crippen molar-refractivity contribution in [3.8, 4) is 5.75 Å². The summed E-state index contributed by atoms with van der Waals surface area (Å²) in [5, 5.41) is 0.0436. The third-order valence-corrected chi connectivity index (χ3v) is 6.20. The van der Waals surface area contributed by atoms with Crippen molar-refractivity contribution in [1.29, 1.82) is 0 Å². The van der Waals surface area contributed by atoms with E-state index in [0.29, 0.717) is 5.75 Å². The Kier molecular flexibility index (Phi) is 4.92. The molecule has 8 nitrogen and oxygen atoms in total. The first-order valence-electron chi connectivity index (χ1n) is 8.61. The molecule has 0 unspecified atom stereocenters. The van der Waals surface area contributed by atoms with Crippen LogP contribution >= 0.6 is 11.6 Å². The number of nitrogens with zero attached hydrogens (tertiary/aromatic N) is 2. The average Bonchev–Trinajstić information content (AvgIpc) is 3.02. The van der Waals surface area contributed by atoms with Gasteiger partial charge in [-0.1, -0.05) is 11.6 Å². The van der Waals surface area contributed by atoms with Crippen LogP contribution in [0.5, 0.6) is 5.75 Å². The van der Waals surface area contributed by atoms with Crippen molar-refractivity contribution in [2.75, 3.05) is 16.7 Å². The van der Waals surface area contributed by atoms with Crippen molar-refractivity contribution in [2.24, 2.45) is 0 Å². The van der Waals surface area contributed by atoms with E-state index in [9.17, 15) is 18.0 Å². The number of carbonyl (C=O) groups is 2. The fourth-order valence-electron chi connectivity index (χ4n) is 3.09. The molecule has 152 valence electrons. The van der Waals surface area contributed by atoms with Crippen LogP contribution in [0.3, 0.4) is 0 Å². The summed E-state index contributed by atoms with van der Waals surface area (Å²) in [6.45, 7) is 0. The average molecular weight is 444 g/mol. The highest BCUT2D eigenvalue weighted by molar-refractivity contribution is 7.92. The number of carbonyl (C=O) groups excluding carboxylic acids is 2. The fraction of sp³-hybridized carbons (Fsp3) is 0.0500. The number of halogens is 1. The number of nitrogens with one attached hydrogen (secondary N) is 1. The number of amides is 2. The van der Waals surface area contributed by atoms with Crippen molar-refractivity contribution in [3.63, 3.8) is 0 Å². The fourth-order valence-corrected chi connectivity index (χ4v) is 4.40. The number of sulfonamides is 1. The van der Waals surface area contributed by atoms with Gasteiger partial charge in [0.05, 0.1) is 45.7 Å². The zero-order valence-corrected chi connectivity index (χ0v) is 17.1. The predicted octanol–water partition coefficient (Wildman–Crippen LogP) is 3.35. The minimum Gasteiger partial charge on any atom is -0.497 e. The minimum atomic E-state index is -4.04. The Labute approximate surface area is 177 Å². The summed E-state index contributed by atoms with van der Waals surface area (Å²) in [6.07, 6.45) is 2.86. The zero-order chi connectivity index (χ0) is 21.5. The molecule has 0 atom stereocenters. The van der Waals surface area contributed by atoms with Gasteiger partial charge in [-0.25, -0.2) is 13.3 Å². The van der Waals surface area contributed by atoms with Gasteiger partial charge in [-0.05, 0) is 48.5 Å². The summed E-state index contributed by atoms with van der Waals surface area (Å²) in [6, 6.07) is 11.6. The first kappa shape index (κ1) is 19.9. The minimum absolute atomic E-state index is 0.0344. The van der Waals surface area contributed by atoms with Gasteiger partial charge in [0.15, 0.2) is 0 Å². The molecule has 30 heavy (non-hydrogen) atoms. The van der Waals surface area contributed by atoms with E-state index in [1.54, 1.807) is 12.1 Å². The van der Waals surface area contributed by atoms with Crippen LogP contribution in [0.4, 0.5) is 11.4 Å². The number of hydrogen-bond acceptors (Lipinski definition) is 6. The smallest absolute Gasteiger partial charge is 0.268 e. The van der Waals surface area contributed by atoms with Crippen LogP contribution in [-0.4, -0.2) is 32.3 Å². The standard InChI is InChI=1S/C20H14ClN3O5S/c1-29-13-4-6-14(7-5-13)30(27,28)23-16-9-8-15(21)17-18(16)20(26)24(19(17)25)12-3-2-10-22-11-12/h2-11,23H,1H3. The van der Waals surface area contributed by atoms with Gasteiger partial charge >= 0.3 is 0 Å². The summed E-state index contributed by atoms with van der Waals surface area (Å²) >= 11 is 6.17. The number of anilines is 2. The number of fused-ring (bicyclic) bond motifs is 1. The molecular formula is C20H14ClN3O5S. The van der Waals surface area contributed by atoms with E-state index in [4.69, 9.17) is 16.3 Å². The Morgan fingerprint density at radius 1 is 1.00 bits per heavy atom. The second kappa shape index (κ2) is 7.43. The molecule has 10 heteroatoms.